The molecule has 0 radical (unpaired) electrons. The van der Waals surface area contributed by atoms with Gasteiger partial charge in [0.25, 0.3) is 5.91 Å². The van der Waals surface area contributed by atoms with E-state index in [9.17, 15) is 14.7 Å². The number of carboxylic acid groups (broad SMARTS) is 1. The highest BCUT2D eigenvalue weighted by Crippen LogP contribution is 2.22. The Morgan fingerprint density at radius 3 is 2.79 bits per heavy atom. The highest BCUT2D eigenvalue weighted by molar-refractivity contribution is 6.30. The lowest BCUT2D eigenvalue weighted by molar-refractivity contribution is 0.0536. The molecule has 9 nitrogen and oxygen atoms in total. The van der Waals surface area contributed by atoms with Crippen LogP contribution in [0, 0.1) is 6.92 Å². The summed E-state index contributed by atoms with van der Waals surface area (Å²) in [5.41, 5.74) is 1.54. The van der Waals surface area contributed by atoms with Crippen LogP contribution in [0.25, 0.3) is 0 Å². The average molecular weight is 422 g/mol. The number of aromatic carboxylic acids is 1. The summed E-state index contributed by atoms with van der Waals surface area (Å²) in [7, 11) is 1.58. The van der Waals surface area contributed by atoms with Crippen molar-refractivity contribution in [3.63, 3.8) is 0 Å². The molecule has 1 aliphatic heterocycles. The van der Waals surface area contributed by atoms with Crippen molar-refractivity contribution in [1.82, 2.24) is 20.3 Å². The minimum atomic E-state index is -0.995. The molecule has 0 saturated carbocycles. The van der Waals surface area contributed by atoms with Gasteiger partial charge >= 0.3 is 5.97 Å². The number of carboxylic acids is 1. The number of aromatic amines is 1. The van der Waals surface area contributed by atoms with Crippen LogP contribution < -0.4 is 10.2 Å². The summed E-state index contributed by atoms with van der Waals surface area (Å²) < 4.78 is 5.59. The minimum Gasteiger partial charge on any atom is -0.478 e. The number of aryl methyl sites for hydroxylation is 2. The largest absolute Gasteiger partial charge is 0.478 e. The predicted octanol–water partition coefficient (Wildman–Crippen LogP) is 2.05. The van der Waals surface area contributed by atoms with Crippen molar-refractivity contribution >= 4 is 29.3 Å². The first kappa shape index (κ1) is 21.1. The maximum Gasteiger partial charge on any atom is 0.335 e. The van der Waals surface area contributed by atoms with E-state index in [1.165, 1.54) is 6.07 Å². The van der Waals surface area contributed by atoms with E-state index in [4.69, 9.17) is 16.3 Å². The van der Waals surface area contributed by atoms with Crippen LogP contribution in [-0.2, 0) is 11.2 Å². The number of methoxy groups -OCH3 is 1. The molecule has 1 fully saturated rings. The third kappa shape index (κ3) is 4.68. The van der Waals surface area contributed by atoms with Crippen LogP contribution in [-0.4, -0.2) is 64.3 Å². The molecule has 1 saturated heterocycles. The fourth-order valence-electron chi connectivity index (χ4n) is 3.43. The molecule has 3 heterocycles. The summed E-state index contributed by atoms with van der Waals surface area (Å²) >= 11 is 6.02. The Labute approximate surface area is 173 Å². The normalized spacial score (nSPS) is 19.2. The zero-order chi connectivity index (χ0) is 21.1. The van der Waals surface area contributed by atoms with Crippen LogP contribution in [0.15, 0.2) is 12.1 Å². The zero-order valence-corrected chi connectivity index (χ0v) is 17.3. The van der Waals surface area contributed by atoms with E-state index in [0.717, 1.165) is 5.69 Å². The Morgan fingerprint density at radius 2 is 2.17 bits per heavy atom. The molecule has 0 aliphatic carbocycles. The van der Waals surface area contributed by atoms with Crippen molar-refractivity contribution in [3.05, 3.63) is 40.1 Å². The van der Waals surface area contributed by atoms with Crippen LogP contribution >= 0.6 is 11.6 Å². The summed E-state index contributed by atoms with van der Waals surface area (Å²) in [6, 6.07) is 2.87. The quantitative estimate of drug-likeness (QED) is 0.652. The highest BCUT2D eigenvalue weighted by Gasteiger charge is 2.32. The van der Waals surface area contributed by atoms with Gasteiger partial charge in [0.15, 0.2) is 11.0 Å². The number of ether oxygens (including phenoxy) is 1. The molecule has 0 aromatic carbocycles. The molecule has 2 aromatic rings. The van der Waals surface area contributed by atoms with Gasteiger partial charge in [0, 0.05) is 25.9 Å². The Kier molecular flexibility index (Phi) is 6.39. The maximum absolute atomic E-state index is 12.6. The zero-order valence-electron chi connectivity index (χ0n) is 16.5. The molecule has 0 spiro atoms. The number of nitrogens with zero attached hydrogens (tertiary/aromatic N) is 3. The van der Waals surface area contributed by atoms with Gasteiger partial charge in [0.2, 0.25) is 0 Å². The van der Waals surface area contributed by atoms with Crippen LogP contribution in [0.1, 0.15) is 45.7 Å². The number of hydrogen-bond donors (Lipinski definition) is 3. The first-order chi connectivity index (χ1) is 13.8. The smallest absolute Gasteiger partial charge is 0.335 e. The molecular weight excluding hydrogens is 398 g/mol. The summed E-state index contributed by atoms with van der Waals surface area (Å²) in [5, 5.41) is 12.5. The Balaban J connectivity index is 1.71. The molecule has 2 aromatic heterocycles. The SMILES string of the molecule is CCc1[nH]c(C(=O)NC2CCN(c3cc(C(=O)O)cc(C)n3)CC2OC)nc1Cl. The Hall–Kier alpha value is -2.65. The van der Waals surface area contributed by atoms with Crippen LogP contribution in [0.5, 0.6) is 0 Å². The fraction of sp³-hybridized carbons (Fsp3) is 0.474. The van der Waals surface area contributed by atoms with E-state index in [1.54, 1.807) is 20.1 Å². The Bertz CT molecular complexity index is 916. The van der Waals surface area contributed by atoms with Gasteiger partial charge in [0.05, 0.1) is 23.4 Å². The van der Waals surface area contributed by atoms with Gasteiger partial charge in [-0.3, -0.25) is 4.79 Å². The third-order valence-electron chi connectivity index (χ3n) is 4.99. The summed E-state index contributed by atoms with van der Waals surface area (Å²) in [5.74, 6) is -0.574. The number of carbonyl (C=O) groups excluding carboxylic acids is 1. The van der Waals surface area contributed by atoms with Crippen molar-refractivity contribution in [3.8, 4) is 0 Å². The lowest BCUT2D eigenvalue weighted by Crippen LogP contribution is -2.55. The fourth-order valence-corrected chi connectivity index (χ4v) is 3.70. The first-order valence-electron chi connectivity index (χ1n) is 9.37. The van der Waals surface area contributed by atoms with Crippen molar-refractivity contribution in [2.24, 2.45) is 0 Å². The maximum atomic E-state index is 12.6. The number of aromatic nitrogens is 3. The van der Waals surface area contributed by atoms with E-state index >= 15 is 0 Å². The lowest BCUT2D eigenvalue weighted by Gasteiger charge is -2.38. The van der Waals surface area contributed by atoms with Gasteiger partial charge in [-0.15, -0.1) is 0 Å². The number of pyridine rings is 1. The minimum absolute atomic E-state index is 0.176. The van der Waals surface area contributed by atoms with E-state index < -0.39 is 5.97 Å². The summed E-state index contributed by atoms with van der Waals surface area (Å²) in [4.78, 5) is 37.3. The topological polar surface area (TPSA) is 120 Å². The molecule has 0 bridgehead atoms. The number of carbonyl (C=O) groups is 2. The number of halogens is 1. The molecule has 3 N–H and O–H groups in total. The molecule has 10 heteroatoms. The molecule has 2 unspecified atom stereocenters. The van der Waals surface area contributed by atoms with Gasteiger partial charge in [-0.2, -0.15) is 0 Å². The molecule has 2 atom stereocenters. The summed E-state index contributed by atoms with van der Waals surface area (Å²) in [6.07, 6.45) is 0.969. The number of piperidine rings is 1. The number of nitrogens with one attached hydrogen (secondary N) is 2. The van der Waals surface area contributed by atoms with Crippen LogP contribution in [0.3, 0.4) is 0 Å². The highest BCUT2D eigenvalue weighted by atomic mass is 35.5. The van der Waals surface area contributed by atoms with Crippen molar-refractivity contribution in [1.29, 1.82) is 0 Å². The predicted molar refractivity (Wildman–Crippen MR) is 108 cm³/mol. The van der Waals surface area contributed by atoms with E-state index in [1.807, 2.05) is 11.8 Å². The second kappa shape index (κ2) is 8.79. The van der Waals surface area contributed by atoms with Crippen molar-refractivity contribution < 1.29 is 19.4 Å². The molecule has 1 amide bonds. The molecule has 3 rings (SSSR count). The standard InChI is InChI=1S/C19H24ClN5O4/c1-4-12-16(20)24-17(22-12)18(26)23-13-5-6-25(9-14(13)29-3)15-8-11(19(27)28)7-10(2)21-15/h7-8,13-14H,4-6,9H2,1-3H3,(H,22,24)(H,23,26)(H,27,28). The van der Waals surface area contributed by atoms with Crippen LogP contribution in [0.4, 0.5) is 5.82 Å². The van der Waals surface area contributed by atoms with Crippen molar-refractivity contribution in [2.45, 2.75) is 38.8 Å². The Morgan fingerprint density at radius 1 is 1.41 bits per heavy atom. The van der Waals surface area contributed by atoms with E-state index in [0.29, 0.717) is 42.6 Å². The van der Waals surface area contributed by atoms with E-state index in [2.05, 4.69) is 20.3 Å². The van der Waals surface area contributed by atoms with Crippen molar-refractivity contribution in [2.75, 3.05) is 25.1 Å². The second-order valence-electron chi connectivity index (χ2n) is 6.96. The second-order valence-corrected chi connectivity index (χ2v) is 7.32. The van der Waals surface area contributed by atoms with Gasteiger partial charge in [-0.05, 0) is 31.9 Å². The lowest BCUT2D eigenvalue weighted by atomic mass is 10.0. The summed E-state index contributed by atoms with van der Waals surface area (Å²) in [6.45, 7) is 4.75. The number of amides is 1. The van der Waals surface area contributed by atoms with Gasteiger partial charge in [-0.25, -0.2) is 14.8 Å². The molecule has 29 heavy (non-hydrogen) atoms. The number of H-pyrrole nitrogens is 1. The average Bonchev–Trinajstić information content (AvgIpc) is 3.08. The monoisotopic (exact) mass is 421 g/mol. The van der Waals surface area contributed by atoms with Gasteiger partial charge in [0.1, 0.15) is 5.82 Å². The first-order valence-corrected chi connectivity index (χ1v) is 9.75. The van der Waals surface area contributed by atoms with E-state index in [-0.39, 0.29) is 29.4 Å². The van der Waals surface area contributed by atoms with Crippen LogP contribution in [0.2, 0.25) is 5.15 Å². The molecule has 1 aliphatic rings. The van der Waals surface area contributed by atoms with Gasteiger partial charge in [-0.1, -0.05) is 18.5 Å². The number of imidazole rings is 1. The molecule has 156 valence electrons. The number of hydrogen-bond acceptors (Lipinski definition) is 6. The van der Waals surface area contributed by atoms with Gasteiger partial charge < -0.3 is 25.0 Å². The third-order valence-corrected chi connectivity index (χ3v) is 5.30. The number of anilines is 1. The number of rotatable bonds is 6. The molecular formula is C19H24ClN5O4.